The van der Waals surface area contributed by atoms with E-state index < -0.39 is 0 Å². The van der Waals surface area contributed by atoms with Crippen molar-refractivity contribution in [3.05, 3.63) is 29.3 Å². The highest BCUT2D eigenvalue weighted by atomic mass is 35.5. The Bertz CT molecular complexity index is 502. The molecule has 2 aromatic rings. The monoisotopic (exact) mass is 236 g/mol. The predicted octanol–water partition coefficient (Wildman–Crippen LogP) is 2.20. The summed E-state index contributed by atoms with van der Waals surface area (Å²) in [7, 11) is 0. The molecular formula is C11H13ClN4. The van der Waals surface area contributed by atoms with Crippen LogP contribution in [0.5, 0.6) is 0 Å². The van der Waals surface area contributed by atoms with E-state index in [2.05, 4.69) is 15.3 Å². The molecule has 0 bridgehead atoms. The summed E-state index contributed by atoms with van der Waals surface area (Å²) < 4.78 is 1.98. The van der Waals surface area contributed by atoms with Crippen LogP contribution < -0.4 is 5.32 Å². The van der Waals surface area contributed by atoms with Gasteiger partial charge in [-0.1, -0.05) is 18.0 Å². The third-order valence-corrected chi connectivity index (χ3v) is 3.31. The fourth-order valence-electron chi connectivity index (χ4n) is 2.28. The summed E-state index contributed by atoms with van der Waals surface area (Å²) in [6.45, 7) is 1.05. The van der Waals surface area contributed by atoms with Gasteiger partial charge in [-0.05, 0) is 25.5 Å². The highest BCUT2D eigenvalue weighted by Gasteiger charge is 2.22. The van der Waals surface area contributed by atoms with Gasteiger partial charge >= 0.3 is 0 Å². The number of nitrogens with one attached hydrogen (secondary N) is 1. The summed E-state index contributed by atoms with van der Waals surface area (Å²) in [4.78, 5) is 8.46. The molecule has 5 heteroatoms. The minimum atomic E-state index is 0.306. The van der Waals surface area contributed by atoms with Gasteiger partial charge in [0.15, 0.2) is 5.15 Å². The smallest absolute Gasteiger partial charge is 0.235 e. The summed E-state index contributed by atoms with van der Waals surface area (Å²) in [5.41, 5.74) is 1.05. The van der Waals surface area contributed by atoms with Gasteiger partial charge < -0.3 is 5.32 Å². The number of piperidine rings is 1. The largest absolute Gasteiger partial charge is 0.309 e. The summed E-state index contributed by atoms with van der Waals surface area (Å²) >= 11 is 6.19. The quantitative estimate of drug-likeness (QED) is 0.826. The fourth-order valence-corrected chi connectivity index (χ4v) is 2.57. The fraction of sp³-hybridized carbons (Fsp3) is 0.455. The molecule has 1 aliphatic heterocycles. The molecule has 0 saturated carbocycles. The Labute approximate surface area is 98.7 Å². The first-order valence-corrected chi connectivity index (χ1v) is 5.96. The first-order chi connectivity index (χ1) is 7.86. The summed E-state index contributed by atoms with van der Waals surface area (Å²) in [5.74, 6) is 0.676. The Morgan fingerprint density at radius 3 is 3.19 bits per heavy atom. The van der Waals surface area contributed by atoms with Crippen LogP contribution in [0.25, 0.3) is 5.78 Å². The summed E-state index contributed by atoms with van der Waals surface area (Å²) in [6, 6.07) is 2.21. The molecule has 4 nitrogen and oxygen atoms in total. The van der Waals surface area contributed by atoms with Crippen LogP contribution in [0, 0.1) is 0 Å². The lowest BCUT2D eigenvalue weighted by Crippen LogP contribution is -2.27. The third-order valence-electron chi connectivity index (χ3n) is 3.04. The number of nitrogens with zero attached hydrogens (tertiary/aromatic N) is 3. The molecule has 0 aromatic carbocycles. The van der Waals surface area contributed by atoms with E-state index in [9.17, 15) is 0 Å². The number of hydrogen-bond donors (Lipinski definition) is 1. The molecule has 0 aliphatic carbocycles. The molecule has 1 N–H and O–H groups in total. The molecule has 1 saturated heterocycles. The van der Waals surface area contributed by atoms with Gasteiger partial charge in [0.25, 0.3) is 0 Å². The molecule has 3 heterocycles. The van der Waals surface area contributed by atoms with Crippen LogP contribution in [0.1, 0.15) is 31.0 Å². The second kappa shape index (κ2) is 4.03. The average molecular weight is 237 g/mol. The zero-order valence-electron chi connectivity index (χ0n) is 8.86. The SMILES string of the molecule is Clc1nc2ncccn2c1C1CCCCN1. The average Bonchev–Trinajstić information content (AvgIpc) is 2.66. The van der Waals surface area contributed by atoms with E-state index in [1.54, 1.807) is 6.20 Å². The van der Waals surface area contributed by atoms with E-state index in [0.29, 0.717) is 17.0 Å². The van der Waals surface area contributed by atoms with Crippen molar-refractivity contribution in [2.45, 2.75) is 25.3 Å². The molecule has 0 radical (unpaired) electrons. The molecule has 1 fully saturated rings. The molecule has 16 heavy (non-hydrogen) atoms. The van der Waals surface area contributed by atoms with Crippen molar-refractivity contribution >= 4 is 17.4 Å². The molecule has 1 unspecified atom stereocenters. The standard InChI is InChI=1S/C11H13ClN4/c12-10-9(8-4-1-2-5-13-8)16-7-3-6-14-11(16)15-10/h3,6-8,13H,1-2,4-5H2. The molecule has 1 atom stereocenters. The second-order valence-corrected chi connectivity index (χ2v) is 4.44. The molecular weight excluding hydrogens is 224 g/mol. The Balaban J connectivity index is 2.10. The van der Waals surface area contributed by atoms with Crippen LogP contribution in [-0.2, 0) is 0 Å². The van der Waals surface area contributed by atoms with Crippen LogP contribution in [0.3, 0.4) is 0 Å². The molecule has 2 aromatic heterocycles. The Morgan fingerprint density at radius 1 is 1.44 bits per heavy atom. The van der Waals surface area contributed by atoms with Crippen molar-refractivity contribution in [1.29, 1.82) is 0 Å². The maximum absolute atomic E-state index is 6.19. The lowest BCUT2D eigenvalue weighted by Gasteiger charge is -2.23. The van der Waals surface area contributed by atoms with Gasteiger partial charge in [-0.3, -0.25) is 4.40 Å². The second-order valence-electron chi connectivity index (χ2n) is 4.08. The Kier molecular flexibility index (Phi) is 2.53. The first-order valence-electron chi connectivity index (χ1n) is 5.58. The van der Waals surface area contributed by atoms with E-state index >= 15 is 0 Å². The molecule has 84 valence electrons. The van der Waals surface area contributed by atoms with E-state index in [-0.39, 0.29) is 0 Å². The predicted molar refractivity (Wildman–Crippen MR) is 62.6 cm³/mol. The number of fused-ring (bicyclic) bond motifs is 1. The number of hydrogen-bond acceptors (Lipinski definition) is 3. The number of halogens is 1. The van der Waals surface area contributed by atoms with Gasteiger partial charge in [0, 0.05) is 12.4 Å². The van der Waals surface area contributed by atoms with Crippen molar-refractivity contribution < 1.29 is 0 Å². The Hall–Kier alpha value is -1.13. The normalized spacial score (nSPS) is 21.4. The molecule has 0 amide bonds. The van der Waals surface area contributed by atoms with Crippen molar-refractivity contribution in [2.75, 3.05) is 6.54 Å². The lowest BCUT2D eigenvalue weighted by atomic mass is 10.0. The minimum Gasteiger partial charge on any atom is -0.309 e. The topological polar surface area (TPSA) is 42.2 Å². The highest BCUT2D eigenvalue weighted by molar-refractivity contribution is 6.30. The van der Waals surface area contributed by atoms with E-state index in [4.69, 9.17) is 11.6 Å². The van der Waals surface area contributed by atoms with Crippen molar-refractivity contribution in [1.82, 2.24) is 19.7 Å². The van der Waals surface area contributed by atoms with Crippen molar-refractivity contribution in [2.24, 2.45) is 0 Å². The lowest BCUT2D eigenvalue weighted by molar-refractivity contribution is 0.403. The van der Waals surface area contributed by atoms with Crippen LogP contribution in [0.15, 0.2) is 18.5 Å². The van der Waals surface area contributed by atoms with E-state index in [1.165, 1.54) is 12.8 Å². The van der Waals surface area contributed by atoms with Gasteiger partial charge in [-0.2, -0.15) is 4.98 Å². The number of imidazole rings is 1. The highest BCUT2D eigenvalue weighted by Crippen LogP contribution is 2.28. The molecule has 1 aliphatic rings. The maximum atomic E-state index is 6.19. The maximum Gasteiger partial charge on any atom is 0.235 e. The Morgan fingerprint density at radius 2 is 2.38 bits per heavy atom. The first kappa shape index (κ1) is 10.1. The molecule has 3 rings (SSSR count). The zero-order chi connectivity index (χ0) is 11.0. The van der Waals surface area contributed by atoms with Crippen LogP contribution in [-0.4, -0.2) is 20.9 Å². The summed E-state index contributed by atoms with van der Waals surface area (Å²) in [5, 5.41) is 4.05. The van der Waals surface area contributed by atoms with Crippen LogP contribution >= 0.6 is 11.6 Å². The molecule has 0 spiro atoms. The van der Waals surface area contributed by atoms with Gasteiger partial charge in [0.05, 0.1) is 11.7 Å². The number of aromatic nitrogens is 3. The van der Waals surface area contributed by atoms with Gasteiger partial charge in [0.2, 0.25) is 5.78 Å². The van der Waals surface area contributed by atoms with Crippen molar-refractivity contribution in [3.63, 3.8) is 0 Å². The third kappa shape index (κ3) is 1.58. The van der Waals surface area contributed by atoms with E-state index in [1.807, 2.05) is 16.7 Å². The number of rotatable bonds is 1. The zero-order valence-corrected chi connectivity index (χ0v) is 9.61. The summed E-state index contributed by atoms with van der Waals surface area (Å²) in [6.07, 6.45) is 7.29. The van der Waals surface area contributed by atoms with E-state index in [0.717, 1.165) is 18.7 Å². The van der Waals surface area contributed by atoms with Gasteiger partial charge in [-0.15, -0.1) is 0 Å². The van der Waals surface area contributed by atoms with Crippen molar-refractivity contribution in [3.8, 4) is 0 Å². The van der Waals surface area contributed by atoms with Gasteiger partial charge in [-0.25, -0.2) is 4.98 Å². The van der Waals surface area contributed by atoms with Gasteiger partial charge in [0.1, 0.15) is 0 Å². The minimum absolute atomic E-state index is 0.306. The van der Waals surface area contributed by atoms with Crippen LogP contribution in [0.2, 0.25) is 5.15 Å². The van der Waals surface area contributed by atoms with Crippen LogP contribution in [0.4, 0.5) is 0 Å².